The number of anilines is 1. The summed E-state index contributed by atoms with van der Waals surface area (Å²) >= 11 is 0. The SMILES string of the molecule is CCOc1ccc(NC(=O)C(=O)NC(CC)CO)cc1OCC. The van der Waals surface area contributed by atoms with Gasteiger partial charge < -0.3 is 25.2 Å². The molecule has 23 heavy (non-hydrogen) atoms. The highest BCUT2D eigenvalue weighted by Gasteiger charge is 2.18. The Hall–Kier alpha value is -2.28. The Bertz CT molecular complexity index is 529. The van der Waals surface area contributed by atoms with Crippen molar-refractivity contribution in [2.24, 2.45) is 0 Å². The van der Waals surface area contributed by atoms with Crippen LogP contribution < -0.4 is 20.1 Å². The lowest BCUT2D eigenvalue weighted by Gasteiger charge is -2.15. The summed E-state index contributed by atoms with van der Waals surface area (Å²) in [6, 6.07) is 4.46. The fourth-order valence-corrected chi connectivity index (χ4v) is 1.84. The largest absolute Gasteiger partial charge is 0.490 e. The smallest absolute Gasteiger partial charge is 0.313 e. The van der Waals surface area contributed by atoms with Crippen LogP contribution in [-0.4, -0.2) is 42.8 Å². The van der Waals surface area contributed by atoms with Crippen molar-refractivity contribution >= 4 is 17.5 Å². The maximum Gasteiger partial charge on any atom is 0.313 e. The van der Waals surface area contributed by atoms with Gasteiger partial charge in [-0.3, -0.25) is 9.59 Å². The van der Waals surface area contributed by atoms with E-state index >= 15 is 0 Å². The zero-order chi connectivity index (χ0) is 17.2. The third-order valence-electron chi connectivity index (χ3n) is 3.06. The summed E-state index contributed by atoms with van der Waals surface area (Å²) in [5.41, 5.74) is 0.425. The number of hydrogen-bond acceptors (Lipinski definition) is 5. The molecule has 0 aromatic heterocycles. The molecule has 1 unspecified atom stereocenters. The van der Waals surface area contributed by atoms with Gasteiger partial charge in [0.25, 0.3) is 0 Å². The molecule has 0 saturated heterocycles. The molecule has 1 aromatic carbocycles. The summed E-state index contributed by atoms with van der Waals surface area (Å²) in [6.07, 6.45) is 0.535. The van der Waals surface area contributed by atoms with E-state index < -0.39 is 17.9 Å². The highest BCUT2D eigenvalue weighted by molar-refractivity contribution is 6.39. The lowest BCUT2D eigenvalue weighted by atomic mass is 10.2. The number of carbonyl (C=O) groups excluding carboxylic acids is 2. The van der Waals surface area contributed by atoms with Crippen molar-refractivity contribution in [3.8, 4) is 11.5 Å². The van der Waals surface area contributed by atoms with Gasteiger partial charge in [0.1, 0.15) is 0 Å². The van der Waals surface area contributed by atoms with E-state index in [2.05, 4.69) is 10.6 Å². The van der Waals surface area contributed by atoms with Crippen LogP contribution in [0.4, 0.5) is 5.69 Å². The molecule has 0 saturated carbocycles. The fraction of sp³-hybridized carbons (Fsp3) is 0.500. The topological polar surface area (TPSA) is 96.9 Å². The number of benzene rings is 1. The number of hydrogen-bond donors (Lipinski definition) is 3. The Labute approximate surface area is 136 Å². The second-order valence-corrected chi connectivity index (χ2v) is 4.74. The van der Waals surface area contributed by atoms with Crippen LogP contribution in [0.2, 0.25) is 0 Å². The first-order valence-corrected chi connectivity index (χ1v) is 7.67. The first-order chi connectivity index (χ1) is 11.0. The third kappa shape index (κ3) is 5.78. The van der Waals surface area contributed by atoms with Crippen molar-refractivity contribution in [3.63, 3.8) is 0 Å². The second-order valence-electron chi connectivity index (χ2n) is 4.74. The Morgan fingerprint density at radius 2 is 1.74 bits per heavy atom. The first-order valence-electron chi connectivity index (χ1n) is 7.67. The molecular weight excluding hydrogens is 300 g/mol. The first kappa shape index (κ1) is 18.8. The highest BCUT2D eigenvalue weighted by atomic mass is 16.5. The van der Waals surface area contributed by atoms with E-state index in [0.29, 0.717) is 36.8 Å². The predicted molar refractivity (Wildman–Crippen MR) is 86.7 cm³/mol. The summed E-state index contributed by atoms with van der Waals surface area (Å²) in [7, 11) is 0. The van der Waals surface area contributed by atoms with E-state index in [1.807, 2.05) is 13.8 Å². The van der Waals surface area contributed by atoms with Crippen LogP contribution in [0.1, 0.15) is 27.2 Å². The molecule has 0 aliphatic rings. The molecule has 1 atom stereocenters. The molecule has 3 N–H and O–H groups in total. The normalized spacial score (nSPS) is 11.5. The van der Waals surface area contributed by atoms with E-state index in [1.165, 1.54) is 0 Å². The lowest BCUT2D eigenvalue weighted by molar-refractivity contribution is -0.136. The maximum atomic E-state index is 11.9. The van der Waals surface area contributed by atoms with Crippen molar-refractivity contribution < 1.29 is 24.2 Å². The molecule has 0 radical (unpaired) electrons. The zero-order valence-electron chi connectivity index (χ0n) is 13.7. The Kier molecular flexibility index (Phi) is 7.90. The number of rotatable bonds is 8. The summed E-state index contributed by atoms with van der Waals surface area (Å²) in [5, 5.41) is 14.0. The molecule has 7 heteroatoms. The average molecular weight is 324 g/mol. The van der Waals surface area contributed by atoms with Crippen LogP contribution in [-0.2, 0) is 9.59 Å². The van der Waals surface area contributed by atoms with Crippen molar-refractivity contribution in [2.75, 3.05) is 25.1 Å². The standard InChI is InChI=1S/C16H24N2O5/c1-4-11(10-19)17-15(20)16(21)18-12-7-8-13(22-5-2)14(9-12)23-6-3/h7-9,11,19H,4-6,10H2,1-3H3,(H,17,20)(H,18,21). The van der Waals surface area contributed by atoms with Gasteiger partial charge in [0.15, 0.2) is 11.5 Å². The van der Waals surface area contributed by atoms with Gasteiger partial charge in [0, 0.05) is 11.8 Å². The molecule has 0 aliphatic heterocycles. The molecule has 0 spiro atoms. The van der Waals surface area contributed by atoms with Crippen LogP contribution >= 0.6 is 0 Å². The number of carbonyl (C=O) groups is 2. The molecule has 0 heterocycles. The van der Waals surface area contributed by atoms with Crippen LogP contribution in [0.25, 0.3) is 0 Å². The molecular formula is C16H24N2O5. The van der Waals surface area contributed by atoms with Gasteiger partial charge in [-0.25, -0.2) is 0 Å². The van der Waals surface area contributed by atoms with E-state index in [9.17, 15) is 9.59 Å². The monoisotopic (exact) mass is 324 g/mol. The van der Waals surface area contributed by atoms with Crippen molar-refractivity contribution in [1.82, 2.24) is 5.32 Å². The summed E-state index contributed by atoms with van der Waals surface area (Å²) in [4.78, 5) is 23.6. The number of aliphatic hydroxyl groups excluding tert-OH is 1. The molecule has 2 amide bonds. The highest BCUT2D eigenvalue weighted by Crippen LogP contribution is 2.30. The van der Waals surface area contributed by atoms with Gasteiger partial charge in [0.05, 0.1) is 25.9 Å². The van der Waals surface area contributed by atoms with E-state index in [-0.39, 0.29) is 6.61 Å². The number of nitrogens with one attached hydrogen (secondary N) is 2. The average Bonchev–Trinajstić information content (AvgIpc) is 2.55. The molecule has 0 aliphatic carbocycles. The molecule has 1 aromatic rings. The van der Waals surface area contributed by atoms with Gasteiger partial charge in [-0.1, -0.05) is 6.92 Å². The minimum atomic E-state index is -0.802. The van der Waals surface area contributed by atoms with Gasteiger partial charge in [0.2, 0.25) is 0 Å². The van der Waals surface area contributed by atoms with Crippen LogP contribution in [0.15, 0.2) is 18.2 Å². The number of ether oxygens (including phenoxy) is 2. The van der Waals surface area contributed by atoms with Crippen LogP contribution in [0.3, 0.4) is 0 Å². The number of aliphatic hydroxyl groups is 1. The summed E-state index contributed by atoms with van der Waals surface area (Å²) in [5.74, 6) is -0.529. The minimum Gasteiger partial charge on any atom is -0.490 e. The van der Waals surface area contributed by atoms with Crippen LogP contribution in [0, 0.1) is 0 Å². The lowest BCUT2D eigenvalue weighted by Crippen LogP contribution is -2.43. The summed E-state index contributed by atoms with van der Waals surface area (Å²) in [6.45, 7) is 6.24. The number of amides is 2. The Morgan fingerprint density at radius 1 is 1.09 bits per heavy atom. The van der Waals surface area contributed by atoms with Gasteiger partial charge >= 0.3 is 11.8 Å². The second kappa shape index (κ2) is 9.68. The van der Waals surface area contributed by atoms with E-state index in [0.717, 1.165) is 0 Å². The van der Waals surface area contributed by atoms with Crippen molar-refractivity contribution in [2.45, 2.75) is 33.2 Å². The minimum absolute atomic E-state index is 0.215. The predicted octanol–water partition coefficient (Wildman–Crippen LogP) is 1.31. The molecule has 0 fully saturated rings. The Morgan fingerprint density at radius 3 is 2.30 bits per heavy atom. The van der Waals surface area contributed by atoms with E-state index in [1.54, 1.807) is 25.1 Å². The zero-order valence-corrected chi connectivity index (χ0v) is 13.7. The summed E-state index contributed by atoms with van der Waals surface area (Å²) < 4.78 is 10.9. The fourth-order valence-electron chi connectivity index (χ4n) is 1.84. The quantitative estimate of drug-likeness (QED) is 0.627. The maximum absolute atomic E-state index is 11.9. The van der Waals surface area contributed by atoms with Crippen molar-refractivity contribution in [3.05, 3.63) is 18.2 Å². The van der Waals surface area contributed by atoms with Gasteiger partial charge in [-0.05, 0) is 32.4 Å². The van der Waals surface area contributed by atoms with Gasteiger partial charge in [-0.2, -0.15) is 0 Å². The third-order valence-corrected chi connectivity index (χ3v) is 3.06. The molecule has 0 bridgehead atoms. The molecule has 128 valence electrons. The Balaban J connectivity index is 2.77. The van der Waals surface area contributed by atoms with Crippen LogP contribution in [0.5, 0.6) is 11.5 Å². The van der Waals surface area contributed by atoms with Crippen molar-refractivity contribution in [1.29, 1.82) is 0 Å². The van der Waals surface area contributed by atoms with E-state index in [4.69, 9.17) is 14.6 Å². The van der Waals surface area contributed by atoms with Gasteiger partial charge in [-0.15, -0.1) is 0 Å². The molecule has 1 rings (SSSR count). The molecule has 7 nitrogen and oxygen atoms in total.